The molecule has 9 heteroatoms. The lowest BCUT2D eigenvalue weighted by Crippen LogP contribution is -2.21. The smallest absolute Gasteiger partial charge is 0.362 e. The van der Waals surface area contributed by atoms with E-state index in [2.05, 4.69) is 0 Å². The van der Waals surface area contributed by atoms with E-state index in [-0.39, 0.29) is 23.3 Å². The van der Waals surface area contributed by atoms with Crippen LogP contribution in [0.4, 0.5) is 0 Å². The lowest BCUT2D eigenvalue weighted by molar-refractivity contribution is 0.268. The van der Waals surface area contributed by atoms with Crippen LogP contribution in [0.25, 0.3) is 0 Å². The molecule has 1 saturated heterocycles. The van der Waals surface area contributed by atoms with Crippen LogP contribution in [0, 0.1) is 13.8 Å². The van der Waals surface area contributed by atoms with Crippen LogP contribution in [0.15, 0.2) is 53.4 Å². The Morgan fingerprint density at radius 2 is 1.41 bits per heavy atom. The number of benzene rings is 2. The summed E-state index contributed by atoms with van der Waals surface area (Å²) >= 11 is 0. The molecule has 0 aromatic heterocycles. The summed E-state index contributed by atoms with van der Waals surface area (Å²) in [5.74, 6) is 0.139. The van der Waals surface area contributed by atoms with Gasteiger partial charge in [0.15, 0.2) is 0 Å². The van der Waals surface area contributed by atoms with Crippen molar-refractivity contribution in [1.29, 1.82) is 0 Å². The SMILES string of the molecule is CCC[C@H]1[C@H](COS(=O)(=O)Oc2ccc(C)cc2)N1S(=O)(=O)c1ccc(C)cc1. The molecule has 0 amide bonds. The normalized spacial score (nSPS) is 21.7. The monoisotopic (exact) mass is 439 g/mol. The van der Waals surface area contributed by atoms with Gasteiger partial charge in [0, 0.05) is 6.04 Å². The largest absolute Gasteiger partial charge is 0.449 e. The van der Waals surface area contributed by atoms with Gasteiger partial charge >= 0.3 is 10.4 Å². The van der Waals surface area contributed by atoms with E-state index in [1.54, 1.807) is 36.4 Å². The fourth-order valence-corrected chi connectivity index (χ4v) is 5.72. The molecular weight excluding hydrogens is 414 g/mol. The fourth-order valence-electron chi connectivity index (χ4n) is 3.19. The predicted octanol–water partition coefficient (Wildman–Crippen LogP) is 3.19. The second-order valence-electron chi connectivity index (χ2n) is 7.16. The maximum absolute atomic E-state index is 12.9. The Balaban J connectivity index is 1.69. The first-order valence-electron chi connectivity index (χ1n) is 9.40. The Morgan fingerprint density at radius 3 is 1.97 bits per heavy atom. The Hall–Kier alpha value is -1.94. The van der Waals surface area contributed by atoms with Gasteiger partial charge in [-0.15, -0.1) is 0 Å². The van der Waals surface area contributed by atoms with Crippen LogP contribution in [0.1, 0.15) is 30.9 Å². The van der Waals surface area contributed by atoms with E-state index >= 15 is 0 Å². The van der Waals surface area contributed by atoms with Crippen LogP contribution in [-0.2, 0) is 24.6 Å². The van der Waals surface area contributed by atoms with Gasteiger partial charge in [-0.3, -0.25) is 0 Å². The molecule has 1 aliphatic rings. The van der Waals surface area contributed by atoms with Gasteiger partial charge in [0.1, 0.15) is 5.75 Å². The molecule has 3 rings (SSSR count). The lowest BCUT2D eigenvalue weighted by Gasteiger charge is -2.08. The molecule has 29 heavy (non-hydrogen) atoms. The molecule has 3 atom stereocenters. The molecule has 7 nitrogen and oxygen atoms in total. The van der Waals surface area contributed by atoms with Gasteiger partial charge in [0.25, 0.3) is 0 Å². The van der Waals surface area contributed by atoms with Crippen molar-refractivity contribution in [1.82, 2.24) is 4.31 Å². The molecule has 1 unspecified atom stereocenters. The highest BCUT2D eigenvalue weighted by Gasteiger charge is 2.55. The molecule has 0 saturated carbocycles. The van der Waals surface area contributed by atoms with Gasteiger partial charge in [-0.1, -0.05) is 48.7 Å². The molecule has 1 aliphatic heterocycles. The molecule has 0 N–H and O–H groups in total. The van der Waals surface area contributed by atoms with Crippen LogP contribution >= 0.6 is 0 Å². The maximum atomic E-state index is 12.9. The third-order valence-corrected chi connectivity index (χ3v) is 7.58. The minimum atomic E-state index is -4.30. The summed E-state index contributed by atoms with van der Waals surface area (Å²) in [4.78, 5) is 0.186. The van der Waals surface area contributed by atoms with Crippen molar-refractivity contribution < 1.29 is 25.2 Å². The molecule has 0 bridgehead atoms. The van der Waals surface area contributed by atoms with Crippen molar-refractivity contribution in [2.45, 2.75) is 50.6 Å². The summed E-state index contributed by atoms with van der Waals surface area (Å²) in [6.45, 7) is 5.41. The van der Waals surface area contributed by atoms with E-state index in [0.717, 1.165) is 17.5 Å². The minimum absolute atomic E-state index is 0.139. The number of nitrogens with zero attached hydrogens (tertiary/aromatic N) is 1. The molecule has 1 heterocycles. The van der Waals surface area contributed by atoms with Crippen LogP contribution in [0.2, 0.25) is 0 Å². The van der Waals surface area contributed by atoms with Crippen LogP contribution in [-0.4, -0.2) is 39.8 Å². The highest BCUT2D eigenvalue weighted by Crippen LogP contribution is 2.39. The Kier molecular flexibility index (Phi) is 6.33. The first-order chi connectivity index (χ1) is 13.6. The second kappa shape index (κ2) is 8.43. The Labute approximate surface area is 172 Å². The van der Waals surface area contributed by atoms with Crippen molar-refractivity contribution in [3.05, 3.63) is 59.7 Å². The van der Waals surface area contributed by atoms with E-state index in [4.69, 9.17) is 8.37 Å². The molecular formula is C20H25NO6S2. The number of aryl methyl sites for hydroxylation is 2. The predicted molar refractivity (Wildman–Crippen MR) is 109 cm³/mol. The zero-order valence-corrected chi connectivity index (χ0v) is 18.2. The van der Waals surface area contributed by atoms with E-state index in [9.17, 15) is 16.8 Å². The van der Waals surface area contributed by atoms with Crippen molar-refractivity contribution in [3.8, 4) is 5.75 Å². The topological polar surface area (TPSA) is 89.8 Å². The average molecular weight is 440 g/mol. The fraction of sp³-hybridized carbons (Fsp3) is 0.400. The van der Waals surface area contributed by atoms with Gasteiger partial charge in [-0.05, 0) is 44.5 Å². The first-order valence-corrected chi connectivity index (χ1v) is 12.2. The third-order valence-electron chi connectivity index (χ3n) is 4.79. The van der Waals surface area contributed by atoms with E-state index in [0.29, 0.717) is 6.42 Å². The summed E-state index contributed by atoms with van der Waals surface area (Å²) in [5.41, 5.74) is 1.92. The van der Waals surface area contributed by atoms with Gasteiger partial charge in [0.05, 0.1) is 17.5 Å². The van der Waals surface area contributed by atoms with Crippen molar-refractivity contribution in [2.24, 2.45) is 0 Å². The van der Waals surface area contributed by atoms with Gasteiger partial charge < -0.3 is 4.18 Å². The summed E-state index contributed by atoms with van der Waals surface area (Å²) in [7, 11) is -8.02. The highest BCUT2D eigenvalue weighted by atomic mass is 32.3. The summed E-state index contributed by atoms with van der Waals surface area (Å²) < 4.78 is 61.4. The van der Waals surface area contributed by atoms with Crippen molar-refractivity contribution in [2.75, 3.05) is 6.61 Å². The number of hydrogen-bond donors (Lipinski definition) is 0. The van der Waals surface area contributed by atoms with Crippen molar-refractivity contribution >= 4 is 20.4 Å². The molecule has 158 valence electrons. The quantitative estimate of drug-likeness (QED) is 0.558. The second-order valence-corrected chi connectivity index (χ2v) is 10.2. The third kappa shape index (κ3) is 5.16. The number of hydrogen-bond acceptors (Lipinski definition) is 6. The Bertz CT molecular complexity index is 1050. The molecule has 0 radical (unpaired) electrons. The number of rotatable bonds is 9. The van der Waals surface area contributed by atoms with E-state index in [1.165, 1.54) is 16.4 Å². The zero-order chi connectivity index (χ0) is 21.2. The van der Waals surface area contributed by atoms with Gasteiger partial charge in [0.2, 0.25) is 10.0 Å². The summed E-state index contributed by atoms with van der Waals surface area (Å²) in [6.07, 6.45) is 1.39. The maximum Gasteiger partial charge on any atom is 0.449 e. The average Bonchev–Trinajstić information content (AvgIpc) is 3.36. The highest BCUT2D eigenvalue weighted by molar-refractivity contribution is 7.89. The molecule has 1 fully saturated rings. The molecule has 0 aliphatic carbocycles. The van der Waals surface area contributed by atoms with Crippen LogP contribution in [0.5, 0.6) is 5.75 Å². The number of sulfonamides is 1. The van der Waals surface area contributed by atoms with E-state index in [1.807, 2.05) is 20.8 Å². The zero-order valence-electron chi connectivity index (χ0n) is 16.6. The summed E-state index contributed by atoms with van der Waals surface area (Å²) in [5, 5.41) is 0. The van der Waals surface area contributed by atoms with Crippen LogP contribution in [0.3, 0.4) is 0 Å². The summed E-state index contributed by atoms with van der Waals surface area (Å²) in [6, 6.07) is 12.2. The van der Waals surface area contributed by atoms with Gasteiger partial charge in [-0.2, -0.15) is 12.7 Å². The van der Waals surface area contributed by atoms with Crippen LogP contribution < -0.4 is 4.18 Å². The molecule has 0 spiro atoms. The lowest BCUT2D eigenvalue weighted by atomic mass is 10.2. The minimum Gasteiger partial charge on any atom is -0.362 e. The Morgan fingerprint density at radius 1 is 0.862 bits per heavy atom. The van der Waals surface area contributed by atoms with Gasteiger partial charge in [-0.25, -0.2) is 12.6 Å². The first kappa shape index (κ1) is 21.8. The molecule has 2 aromatic carbocycles. The van der Waals surface area contributed by atoms with E-state index < -0.39 is 26.5 Å². The van der Waals surface area contributed by atoms with Crippen molar-refractivity contribution in [3.63, 3.8) is 0 Å². The standard InChI is InChI=1S/C20H25NO6S2/c1-4-5-19-20(21(19)28(22,23)18-12-8-16(3)9-13-18)14-26-29(24,25)27-17-10-6-15(2)7-11-17/h6-13,19-20H,4-5,14H2,1-3H3/t19-,20-,21?/m0/s1. The molecule has 2 aromatic rings.